The molecule has 1 aliphatic heterocycles. The molecule has 0 aromatic heterocycles. The molecular formula is C5H8O5. The third kappa shape index (κ3) is 1.06. The van der Waals surface area contributed by atoms with Crippen molar-refractivity contribution in [2.24, 2.45) is 0 Å². The Kier molecular flexibility index (Phi) is 1.80. The fraction of sp³-hybridized carbons (Fsp3) is 0.600. The highest BCUT2D eigenvalue weighted by Crippen LogP contribution is 2.14. The summed E-state index contributed by atoms with van der Waals surface area (Å²) in [7, 11) is 0. The minimum atomic E-state index is -1.48. The van der Waals surface area contributed by atoms with Crippen LogP contribution in [0.15, 0.2) is 12.0 Å². The second-order valence-electron chi connectivity index (χ2n) is 2.00. The second kappa shape index (κ2) is 2.45. The summed E-state index contributed by atoms with van der Waals surface area (Å²) < 4.78 is 4.31. The van der Waals surface area contributed by atoms with Gasteiger partial charge in [0, 0.05) is 0 Å². The van der Waals surface area contributed by atoms with Crippen LogP contribution in [0.2, 0.25) is 0 Å². The van der Waals surface area contributed by atoms with Gasteiger partial charge in [-0.05, 0) is 0 Å². The third-order valence-electron chi connectivity index (χ3n) is 1.25. The molecule has 2 unspecified atom stereocenters. The number of ether oxygens (including phenoxy) is 1. The molecule has 1 rings (SSSR count). The van der Waals surface area contributed by atoms with Crippen LogP contribution >= 0.6 is 0 Å². The summed E-state index contributed by atoms with van der Waals surface area (Å²) in [4.78, 5) is 0. The predicted molar refractivity (Wildman–Crippen MR) is 29.8 cm³/mol. The van der Waals surface area contributed by atoms with Crippen LogP contribution in [0.5, 0.6) is 0 Å². The molecule has 5 heteroatoms. The van der Waals surface area contributed by atoms with E-state index in [0.717, 1.165) is 6.26 Å². The highest BCUT2D eigenvalue weighted by Gasteiger charge is 2.32. The molecule has 3 atom stereocenters. The fourth-order valence-corrected chi connectivity index (χ4v) is 0.621. The SMILES string of the molecule is OC1=CO[C@@H](O)C(O)C1O. The van der Waals surface area contributed by atoms with E-state index < -0.39 is 24.3 Å². The number of hydrogen-bond acceptors (Lipinski definition) is 5. The van der Waals surface area contributed by atoms with Crippen LogP contribution < -0.4 is 0 Å². The van der Waals surface area contributed by atoms with Crippen LogP contribution in [0.4, 0.5) is 0 Å². The summed E-state index contributed by atoms with van der Waals surface area (Å²) in [6.45, 7) is 0. The van der Waals surface area contributed by atoms with E-state index in [2.05, 4.69) is 4.74 Å². The van der Waals surface area contributed by atoms with Gasteiger partial charge in [-0.25, -0.2) is 0 Å². The van der Waals surface area contributed by atoms with Crippen molar-refractivity contribution in [3.05, 3.63) is 12.0 Å². The molecule has 0 radical (unpaired) electrons. The maximum Gasteiger partial charge on any atom is 0.226 e. The molecule has 5 nitrogen and oxygen atoms in total. The highest BCUT2D eigenvalue weighted by molar-refractivity contribution is 5.01. The van der Waals surface area contributed by atoms with Gasteiger partial charge in [-0.3, -0.25) is 0 Å². The third-order valence-corrected chi connectivity index (χ3v) is 1.25. The molecule has 0 bridgehead atoms. The topological polar surface area (TPSA) is 90.2 Å². The van der Waals surface area contributed by atoms with Gasteiger partial charge >= 0.3 is 0 Å². The van der Waals surface area contributed by atoms with Gasteiger partial charge in [0.05, 0.1) is 0 Å². The van der Waals surface area contributed by atoms with E-state index in [9.17, 15) is 0 Å². The van der Waals surface area contributed by atoms with Gasteiger partial charge in [0.1, 0.15) is 18.5 Å². The van der Waals surface area contributed by atoms with Crippen LogP contribution in [0.1, 0.15) is 0 Å². The molecule has 0 saturated heterocycles. The van der Waals surface area contributed by atoms with Crippen molar-refractivity contribution in [1.29, 1.82) is 0 Å². The van der Waals surface area contributed by atoms with Gasteiger partial charge in [-0.15, -0.1) is 0 Å². The number of aliphatic hydroxyl groups is 4. The molecule has 0 spiro atoms. The lowest BCUT2D eigenvalue weighted by Crippen LogP contribution is -2.42. The average molecular weight is 148 g/mol. The molecule has 10 heavy (non-hydrogen) atoms. The van der Waals surface area contributed by atoms with Crippen molar-refractivity contribution in [3.8, 4) is 0 Å². The van der Waals surface area contributed by atoms with Crippen molar-refractivity contribution < 1.29 is 25.2 Å². The zero-order chi connectivity index (χ0) is 7.72. The molecule has 1 heterocycles. The molecule has 1 aliphatic rings. The van der Waals surface area contributed by atoms with E-state index in [1.54, 1.807) is 0 Å². The Balaban J connectivity index is 2.71. The van der Waals surface area contributed by atoms with Crippen LogP contribution in [0, 0.1) is 0 Å². The molecule has 4 N–H and O–H groups in total. The van der Waals surface area contributed by atoms with E-state index in [0.29, 0.717) is 0 Å². The molecule has 0 saturated carbocycles. The summed E-state index contributed by atoms with van der Waals surface area (Å²) in [5, 5.41) is 35.0. The molecule has 0 amide bonds. The quantitative estimate of drug-likeness (QED) is 0.334. The standard InChI is InChI=1S/C5H8O5/c6-2-1-10-5(9)4(8)3(2)7/h1,3-9H/t3?,4?,5-/m1/s1. The van der Waals surface area contributed by atoms with E-state index in [1.165, 1.54) is 0 Å². The van der Waals surface area contributed by atoms with E-state index >= 15 is 0 Å². The average Bonchev–Trinajstić information content (AvgIpc) is 1.93. The maximum atomic E-state index is 8.81. The van der Waals surface area contributed by atoms with E-state index in [-0.39, 0.29) is 0 Å². The summed E-state index contributed by atoms with van der Waals surface area (Å²) in [6.07, 6.45) is -3.61. The molecular weight excluding hydrogens is 140 g/mol. The molecule has 0 aliphatic carbocycles. The molecule has 58 valence electrons. The van der Waals surface area contributed by atoms with Crippen LogP contribution in [0.25, 0.3) is 0 Å². The first-order valence-corrected chi connectivity index (χ1v) is 2.71. The van der Waals surface area contributed by atoms with Gasteiger partial charge in [-0.1, -0.05) is 0 Å². The van der Waals surface area contributed by atoms with E-state index in [4.69, 9.17) is 20.4 Å². The lowest BCUT2D eigenvalue weighted by molar-refractivity contribution is -0.177. The number of rotatable bonds is 0. The van der Waals surface area contributed by atoms with Gasteiger partial charge in [0.15, 0.2) is 5.76 Å². The van der Waals surface area contributed by atoms with Crippen LogP contribution in [-0.2, 0) is 4.74 Å². The molecule has 0 fully saturated rings. The van der Waals surface area contributed by atoms with Gasteiger partial charge in [0.2, 0.25) is 6.29 Å². The van der Waals surface area contributed by atoms with Crippen molar-refractivity contribution in [2.45, 2.75) is 18.5 Å². The van der Waals surface area contributed by atoms with Crippen molar-refractivity contribution in [1.82, 2.24) is 0 Å². The minimum Gasteiger partial charge on any atom is -0.506 e. The summed E-state index contributed by atoms with van der Waals surface area (Å²) in [5.74, 6) is -0.488. The van der Waals surface area contributed by atoms with Crippen molar-refractivity contribution >= 4 is 0 Å². The monoisotopic (exact) mass is 148 g/mol. The lowest BCUT2D eigenvalue weighted by Gasteiger charge is -2.25. The fourth-order valence-electron chi connectivity index (χ4n) is 0.621. The first-order valence-electron chi connectivity index (χ1n) is 2.71. The first kappa shape index (κ1) is 7.33. The zero-order valence-electron chi connectivity index (χ0n) is 5.01. The highest BCUT2D eigenvalue weighted by atomic mass is 16.6. The summed E-state index contributed by atoms with van der Waals surface area (Å²) in [5.41, 5.74) is 0. The minimum absolute atomic E-state index is 0.488. The van der Waals surface area contributed by atoms with E-state index in [1.807, 2.05) is 0 Å². The Hall–Kier alpha value is -0.780. The van der Waals surface area contributed by atoms with Gasteiger partial charge in [0.25, 0.3) is 0 Å². The first-order chi connectivity index (χ1) is 4.63. The van der Waals surface area contributed by atoms with Crippen LogP contribution in [-0.4, -0.2) is 38.9 Å². The van der Waals surface area contributed by atoms with Gasteiger partial charge < -0.3 is 25.2 Å². The predicted octanol–water partition coefficient (Wildman–Crippen LogP) is -1.54. The summed E-state index contributed by atoms with van der Waals surface area (Å²) in [6, 6.07) is 0. The summed E-state index contributed by atoms with van der Waals surface area (Å²) >= 11 is 0. The lowest BCUT2D eigenvalue weighted by atomic mass is 10.1. The second-order valence-corrected chi connectivity index (χ2v) is 2.00. The van der Waals surface area contributed by atoms with Crippen molar-refractivity contribution in [3.63, 3.8) is 0 Å². The Bertz CT molecular complexity index is 154. The smallest absolute Gasteiger partial charge is 0.226 e. The zero-order valence-corrected chi connectivity index (χ0v) is 5.01. The molecule has 0 aromatic carbocycles. The number of aliphatic hydroxyl groups excluding tert-OH is 4. The van der Waals surface area contributed by atoms with Crippen LogP contribution in [0.3, 0.4) is 0 Å². The van der Waals surface area contributed by atoms with Crippen molar-refractivity contribution in [2.75, 3.05) is 0 Å². The largest absolute Gasteiger partial charge is 0.506 e. The maximum absolute atomic E-state index is 8.81. The Morgan fingerprint density at radius 1 is 1.30 bits per heavy atom. The molecule has 0 aromatic rings. The Labute approximate surface area is 56.8 Å². The Morgan fingerprint density at radius 3 is 2.40 bits per heavy atom. The van der Waals surface area contributed by atoms with Gasteiger partial charge in [-0.2, -0.15) is 0 Å². The normalized spacial score (nSPS) is 40.3. The Morgan fingerprint density at radius 2 is 1.90 bits per heavy atom. The number of hydrogen-bond donors (Lipinski definition) is 4.